The summed E-state index contributed by atoms with van der Waals surface area (Å²) in [5.41, 5.74) is 2.27. The number of hydrogen-bond donors (Lipinski definition) is 1. The van der Waals surface area contributed by atoms with E-state index < -0.39 is 11.8 Å². The van der Waals surface area contributed by atoms with Crippen LogP contribution in [0, 0.1) is 24.1 Å². The number of aryl methyl sites for hydroxylation is 1. The molecule has 0 spiro atoms. The Balaban J connectivity index is 2.15. The van der Waals surface area contributed by atoms with E-state index in [0.717, 1.165) is 5.69 Å². The van der Waals surface area contributed by atoms with Gasteiger partial charge in [0, 0.05) is 23.0 Å². The van der Waals surface area contributed by atoms with Crippen molar-refractivity contribution in [3.8, 4) is 6.07 Å². The van der Waals surface area contributed by atoms with Crippen molar-refractivity contribution in [2.75, 3.05) is 5.32 Å². The van der Waals surface area contributed by atoms with Gasteiger partial charge in [-0.15, -0.1) is 0 Å². The summed E-state index contributed by atoms with van der Waals surface area (Å²) in [6.45, 7) is 5.35. The summed E-state index contributed by atoms with van der Waals surface area (Å²) in [5, 5.41) is 12.7. The quantitative estimate of drug-likeness (QED) is 0.696. The molecule has 6 nitrogen and oxygen atoms in total. The molecule has 0 bridgehead atoms. The van der Waals surface area contributed by atoms with E-state index in [9.17, 15) is 9.18 Å². The van der Waals surface area contributed by atoms with Gasteiger partial charge in [-0.3, -0.25) is 0 Å². The first-order valence-corrected chi connectivity index (χ1v) is 8.33. The number of nitrogens with one attached hydrogen (secondary N) is 1. The highest BCUT2D eigenvalue weighted by Crippen LogP contribution is 2.30. The van der Waals surface area contributed by atoms with Crippen molar-refractivity contribution < 1.29 is 13.9 Å². The Hall–Kier alpha value is -3.53. The van der Waals surface area contributed by atoms with E-state index in [-0.39, 0.29) is 17.2 Å². The Bertz CT molecular complexity index is 1070. The highest BCUT2D eigenvalue weighted by Gasteiger charge is 2.19. The molecule has 2 heterocycles. The van der Waals surface area contributed by atoms with E-state index in [0.29, 0.717) is 22.4 Å². The minimum absolute atomic E-state index is 0.0985. The summed E-state index contributed by atoms with van der Waals surface area (Å²) in [4.78, 5) is 21.1. The number of pyridine rings is 2. The van der Waals surface area contributed by atoms with Gasteiger partial charge in [-0.25, -0.2) is 19.2 Å². The number of ether oxygens (including phenoxy) is 1. The number of nitrogens with zero attached hydrogens (tertiary/aromatic N) is 3. The molecule has 27 heavy (non-hydrogen) atoms. The van der Waals surface area contributed by atoms with Crippen LogP contribution in [0.25, 0.3) is 11.0 Å². The number of esters is 1. The van der Waals surface area contributed by atoms with Gasteiger partial charge >= 0.3 is 5.97 Å². The van der Waals surface area contributed by atoms with E-state index in [1.54, 1.807) is 32.0 Å². The minimum atomic E-state index is -0.612. The predicted molar refractivity (Wildman–Crippen MR) is 99.2 cm³/mol. The molecule has 0 aliphatic carbocycles. The van der Waals surface area contributed by atoms with E-state index in [1.165, 1.54) is 24.4 Å². The number of benzene rings is 1. The standard InChI is InChI=1S/C20H17FN4O2/c1-11(2)27-20(26)16-10-23-19-15(6-4-12(3)24-19)18(16)25-14-5-7-17(21)13(8-14)9-22/h4-8,10-11H,1-3H3,(H,23,24,25). The maximum atomic E-state index is 13.6. The van der Waals surface area contributed by atoms with Crippen molar-refractivity contribution in [2.45, 2.75) is 26.9 Å². The number of carbonyl (C=O) groups excluding carboxylic acids is 1. The van der Waals surface area contributed by atoms with Crippen molar-refractivity contribution >= 4 is 28.4 Å². The van der Waals surface area contributed by atoms with Crippen LogP contribution < -0.4 is 5.32 Å². The van der Waals surface area contributed by atoms with Crippen LogP contribution in [0.15, 0.2) is 36.5 Å². The lowest BCUT2D eigenvalue weighted by atomic mass is 10.1. The van der Waals surface area contributed by atoms with Crippen LogP contribution in [0.3, 0.4) is 0 Å². The van der Waals surface area contributed by atoms with E-state index in [2.05, 4.69) is 15.3 Å². The highest BCUT2D eigenvalue weighted by atomic mass is 19.1. The third-order valence-corrected chi connectivity index (χ3v) is 3.79. The third kappa shape index (κ3) is 3.85. The minimum Gasteiger partial charge on any atom is -0.459 e. The van der Waals surface area contributed by atoms with Crippen LogP contribution in [0.2, 0.25) is 0 Å². The maximum Gasteiger partial charge on any atom is 0.342 e. The number of hydrogen-bond acceptors (Lipinski definition) is 6. The smallest absolute Gasteiger partial charge is 0.342 e. The van der Waals surface area contributed by atoms with E-state index in [1.807, 2.05) is 6.92 Å². The van der Waals surface area contributed by atoms with Gasteiger partial charge in [-0.1, -0.05) is 0 Å². The topological polar surface area (TPSA) is 87.9 Å². The van der Waals surface area contributed by atoms with Crippen LogP contribution in [0.1, 0.15) is 35.5 Å². The van der Waals surface area contributed by atoms with E-state index in [4.69, 9.17) is 10.00 Å². The third-order valence-electron chi connectivity index (χ3n) is 3.79. The molecule has 1 aromatic carbocycles. The largest absolute Gasteiger partial charge is 0.459 e. The average Bonchev–Trinajstić information content (AvgIpc) is 2.62. The zero-order valence-corrected chi connectivity index (χ0v) is 15.1. The van der Waals surface area contributed by atoms with Gasteiger partial charge in [0.25, 0.3) is 0 Å². The van der Waals surface area contributed by atoms with Gasteiger partial charge in [0.1, 0.15) is 17.4 Å². The molecule has 0 aliphatic rings. The molecule has 0 atom stereocenters. The SMILES string of the molecule is Cc1ccc2c(Nc3ccc(F)c(C#N)c3)c(C(=O)OC(C)C)cnc2n1. The molecule has 0 amide bonds. The molecule has 1 N–H and O–H groups in total. The first-order valence-electron chi connectivity index (χ1n) is 8.33. The van der Waals surface area contributed by atoms with Crippen LogP contribution in [-0.4, -0.2) is 22.0 Å². The fourth-order valence-corrected chi connectivity index (χ4v) is 2.57. The molecular formula is C20H17FN4O2. The monoisotopic (exact) mass is 364 g/mol. The Morgan fingerprint density at radius 1 is 1.30 bits per heavy atom. The fourth-order valence-electron chi connectivity index (χ4n) is 2.57. The van der Waals surface area contributed by atoms with Crippen molar-refractivity contribution in [3.05, 3.63) is 59.2 Å². The summed E-state index contributed by atoms with van der Waals surface area (Å²) in [6, 6.07) is 9.46. The molecule has 3 aromatic rings. The average molecular weight is 364 g/mol. The molecule has 136 valence electrons. The summed E-state index contributed by atoms with van der Waals surface area (Å²) in [5.74, 6) is -1.15. The molecule has 0 fully saturated rings. The second-order valence-corrected chi connectivity index (χ2v) is 6.26. The first kappa shape index (κ1) is 18.3. The predicted octanol–water partition coefficient (Wildman–Crippen LogP) is 4.26. The van der Waals surface area contributed by atoms with Gasteiger partial charge in [-0.05, 0) is 51.1 Å². The molecule has 7 heteroatoms. The maximum absolute atomic E-state index is 13.6. The van der Waals surface area contributed by atoms with Crippen LogP contribution in [-0.2, 0) is 4.74 Å². The summed E-state index contributed by atoms with van der Waals surface area (Å²) >= 11 is 0. The van der Waals surface area contributed by atoms with Crippen molar-refractivity contribution in [2.24, 2.45) is 0 Å². The summed E-state index contributed by atoms with van der Waals surface area (Å²) < 4.78 is 18.9. The second-order valence-electron chi connectivity index (χ2n) is 6.26. The Morgan fingerprint density at radius 2 is 2.07 bits per heavy atom. The molecule has 3 rings (SSSR count). The first-order chi connectivity index (χ1) is 12.9. The van der Waals surface area contributed by atoms with Crippen LogP contribution >= 0.6 is 0 Å². The lowest BCUT2D eigenvalue weighted by molar-refractivity contribution is 0.0379. The molecule has 0 saturated heterocycles. The lowest BCUT2D eigenvalue weighted by Crippen LogP contribution is -2.14. The summed E-state index contributed by atoms with van der Waals surface area (Å²) in [6.07, 6.45) is 1.10. The van der Waals surface area contributed by atoms with Gasteiger partial charge < -0.3 is 10.1 Å². The van der Waals surface area contributed by atoms with Crippen molar-refractivity contribution in [1.29, 1.82) is 5.26 Å². The Morgan fingerprint density at radius 3 is 2.78 bits per heavy atom. The lowest BCUT2D eigenvalue weighted by Gasteiger charge is -2.15. The number of anilines is 2. The Kier molecular flexibility index (Phi) is 4.99. The normalized spacial score (nSPS) is 10.7. The number of aromatic nitrogens is 2. The van der Waals surface area contributed by atoms with Gasteiger partial charge in [0.05, 0.1) is 17.4 Å². The van der Waals surface area contributed by atoms with Gasteiger partial charge in [0.2, 0.25) is 0 Å². The summed E-state index contributed by atoms with van der Waals surface area (Å²) in [7, 11) is 0. The fraction of sp³-hybridized carbons (Fsp3) is 0.200. The van der Waals surface area contributed by atoms with Gasteiger partial charge in [0.15, 0.2) is 5.65 Å². The molecule has 0 unspecified atom stereocenters. The second kappa shape index (κ2) is 7.38. The number of nitriles is 1. The highest BCUT2D eigenvalue weighted by molar-refractivity contribution is 6.05. The number of fused-ring (bicyclic) bond motifs is 1. The zero-order chi connectivity index (χ0) is 19.6. The van der Waals surface area contributed by atoms with Crippen LogP contribution in [0.4, 0.5) is 15.8 Å². The number of halogens is 1. The molecule has 0 aliphatic heterocycles. The zero-order valence-electron chi connectivity index (χ0n) is 15.1. The van der Waals surface area contributed by atoms with Gasteiger partial charge in [-0.2, -0.15) is 5.26 Å². The number of rotatable bonds is 4. The molecule has 2 aromatic heterocycles. The number of carbonyl (C=O) groups is 1. The van der Waals surface area contributed by atoms with Crippen LogP contribution in [0.5, 0.6) is 0 Å². The molecule has 0 radical (unpaired) electrons. The Labute approximate surface area is 155 Å². The van der Waals surface area contributed by atoms with Crippen molar-refractivity contribution in [3.63, 3.8) is 0 Å². The molecule has 0 saturated carbocycles. The molecular weight excluding hydrogens is 347 g/mol. The van der Waals surface area contributed by atoms with E-state index >= 15 is 0 Å². The van der Waals surface area contributed by atoms with Crippen molar-refractivity contribution in [1.82, 2.24) is 9.97 Å².